The lowest BCUT2D eigenvalue weighted by atomic mass is 9.86. The first-order valence-electron chi connectivity index (χ1n) is 38.5. The molecule has 6 nitrogen and oxygen atoms in total. The van der Waals surface area contributed by atoms with Gasteiger partial charge < -0.3 is 0 Å². The van der Waals surface area contributed by atoms with Crippen LogP contribution in [-0.2, 0) is 0 Å². The van der Waals surface area contributed by atoms with Gasteiger partial charge in [0.1, 0.15) is 0 Å². The Morgan fingerprint density at radius 2 is 0.219 bits per heavy atom. The zero-order chi connectivity index (χ0) is 75.9. The molecular weight excluding hydrogens is 1380 g/mol. The van der Waals surface area contributed by atoms with Crippen LogP contribution in [0.25, 0.3) is 201 Å². The Kier molecular flexibility index (Phi) is 19.1. The molecule has 0 fully saturated rings. The Bertz CT molecular complexity index is 5920. The summed E-state index contributed by atoms with van der Waals surface area (Å²) in [6, 6.07) is 142. The van der Waals surface area contributed by atoms with Crippen molar-refractivity contribution in [1.82, 2.24) is 29.9 Å². The first kappa shape index (κ1) is 69.2. The first-order chi connectivity index (χ1) is 56.5. The lowest BCUT2D eigenvalue weighted by molar-refractivity contribution is 1.31. The number of rotatable bonds is 18. The summed E-state index contributed by atoms with van der Waals surface area (Å²) in [6.45, 7) is 0. The van der Waals surface area contributed by atoms with Crippen LogP contribution in [-0.4, -0.2) is 29.9 Å². The third-order valence-corrected chi connectivity index (χ3v) is 21.5. The predicted molar refractivity (Wildman–Crippen MR) is 471 cm³/mol. The van der Waals surface area contributed by atoms with E-state index in [1.807, 2.05) is 61.4 Å². The number of benzene rings is 13. The molecule has 0 aliphatic carbocycles. The van der Waals surface area contributed by atoms with E-state index >= 15 is 0 Å². The number of aromatic nitrogens is 6. The molecule has 114 heavy (non-hydrogen) atoms. The van der Waals surface area contributed by atoms with E-state index in [0.717, 1.165) is 201 Å². The van der Waals surface area contributed by atoms with E-state index in [1.54, 1.807) is 0 Å². The van der Waals surface area contributed by atoms with Crippen molar-refractivity contribution in [1.29, 1.82) is 0 Å². The molecule has 0 bridgehead atoms. The third kappa shape index (κ3) is 14.3. The Labute approximate surface area is 664 Å². The van der Waals surface area contributed by atoms with Gasteiger partial charge in [-0.1, -0.05) is 328 Å². The molecule has 6 aromatic heterocycles. The fourth-order valence-corrected chi connectivity index (χ4v) is 15.7. The largest absolute Gasteiger partial charge is 0.256 e. The van der Waals surface area contributed by atoms with Crippen molar-refractivity contribution in [2.75, 3.05) is 0 Å². The van der Waals surface area contributed by atoms with Crippen molar-refractivity contribution in [3.8, 4) is 201 Å². The summed E-state index contributed by atoms with van der Waals surface area (Å²) in [5, 5.41) is 0. The second-order valence-electron chi connectivity index (χ2n) is 28.5. The van der Waals surface area contributed by atoms with Crippen LogP contribution in [0.3, 0.4) is 0 Å². The minimum absolute atomic E-state index is 0.876. The van der Waals surface area contributed by atoms with E-state index in [1.165, 1.54) is 0 Å². The highest BCUT2D eigenvalue weighted by atomic mass is 14.7. The Morgan fingerprint density at radius 1 is 0.0965 bits per heavy atom. The highest BCUT2D eigenvalue weighted by Gasteiger charge is 2.21. The van der Waals surface area contributed by atoms with Gasteiger partial charge in [0.05, 0.1) is 34.2 Å². The monoisotopic (exact) mass is 1450 g/mol. The fourth-order valence-electron chi connectivity index (χ4n) is 15.7. The van der Waals surface area contributed by atoms with Crippen LogP contribution in [0, 0.1) is 0 Å². The lowest BCUT2D eigenvalue weighted by Gasteiger charge is -2.18. The van der Waals surface area contributed by atoms with Crippen molar-refractivity contribution in [3.05, 3.63) is 438 Å². The van der Waals surface area contributed by atoms with Gasteiger partial charge in [-0.3, -0.25) is 29.9 Å². The van der Waals surface area contributed by atoms with Gasteiger partial charge in [0.2, 0.25) is 0 Å². The molecule has 6 heteroatoms. The van der Waals surface area contributed by atoms with E-state index < -0.39 is 0 Å². The fraction of sp³-hybridized carbons (Fsp3) is 0. The molecule has 0 unspecified atom stereocenters. The molecule has 19 aromatic rings. The maximum absolute atomic E-state index is 5.19. The normalized spacial score (nSPS) is 11.2. The van der Waals surface area contributed by atoms with E-state index in [9.17, 15) is 0 Å². The van der Waals surface area contributed by atoms with Gasteiger partial charge in [0.15, 0.2) is 0 Å². The van der Waals surface area contributed by atoms with Crippen molar-refractivity contribution in [2.45, 2.75) is 0 Å². The summed E-state index contributed by atoms with van der Waals surface area (Å²) in [6.07, 6.45) is 12.0. The molecule has 0 N–H and O–H groups in total. The first-order valence-corrected chi connectivity index (χ1v) is 38.5. The maximum Gasteiger partial charge on any atom is 0.0702 e. The average Bonchev–Trinajstić information content (AvgIpc) is 0.769. The second-order valence-corrected chi connectivity index (χ2v) is 28.5. The molecule has 6 heterocycles. The van der Waals surface area contributed by atoms with Gasteiger partial charge in [-0.15, -0.1) is 0 Å². The third-order valence-electron chi connectivity index (χ3n) is 21.5. The molecule has 534 valence electrons. The smallest absolute Gasteiger partial charge is 0.0702 e. The average molecular weight is 1450 g/mol. The Hall–Kier alpha value is -15.2. The number of pyridine rings is 6. The molecule has 0 spiro atoms. The van der Waals surface area contributed by atoms with E-state index in [4.69, 9.17) is 29.9 Å². The number of hydrogen-bond acceptors (Lipinski definition) is 6. The topological polar surface area (TPSA) is 77.3 Å². The van der Waals surface area contributed by atoms with Crippen LogP contribution >= 0.6 is 0 Å². The van der Waals surface area contributed by atoms with E-state index in [0.29, 0.717) is 0 Å². The number of nitrogens with zero attached hydrogens (tertiary/aromatic N) is 6. The van der Waals surface area contributed by atoms with Gasteiger partial charge in [-0.2, -0.15) is 0 Å². The number of hydrogen-bond donors (Lipinski definition) is 0. The van der Waals surface area contributed by atoms with Gasteiger partial charge in [0.25, 0.3) is 0 Å². The predicted octanol–water partition coefficient (Wildman–Crippen LogP) is 28.1. The summed E-state index contributed by atoms with van der Waals surface area (Å²) in [7, 11) is 0. The van der Waals surface area contributed by atoms with E-state index in [-0.39, 0.29) is 0 Å². The minimum Gasteiger partial charge on any atom is -0.256 e. The van der Waals surface area contributed by atoms with Crippen molar-refractivity contribution >= 4 is 0 Å². The molecular formula is C108H72N6. The van der Waals surface area contributed by atoms with Crippen LogP contribution in [0.4, 0.5) is 0 Å². The van der Waals surface area contributed by atoms with Crippen LogP contribution in [0.2, 0.25) is 0 Å². The maximum atomic E-state index is 5.19. The summed E-state index contributed by atoms with van der Waals surface area (Å²) in [5.41, 5.74) is 37.7. The highest BCUT2D eigenvalue weighted by molar-refractivity contribution is 5.97. The van der Waals surface area contributed by atoms with E-state index in [2.05, 4.69) is 376 Å². The summed E-state index contributed by atoms with van der Waals surface area (Å²) in [4.78, 5) is 30.3. The van der Waals surface area contributed by atoms with Crippen molar-refractivity contribution in [3.63, 3.8) is 0 Å². The molecule has 19 rings (SSSR count). The molecule has 13 aromatic carbocycles. The van der Waals surface area contributed by atoms with Crippen molar-refractivity contribution in [2.24, 2.45) is 0 Å². The molecule has 0 radical (unpaired) electrons. The quantitative estimate of drug-likeness (QED) is 0.0852. The summed E-state index contributed by atoms with van der Waals surface area (Å²) in [5.74, 6) is 0. The van der Waals surface area contributed by atoms with Crippen LogP contribution in [0.1, 0.15) is 0 Å². The van der Waals surface area contributed by atoms with Gasteiger partial charge >= 0.3 is 0 Å². The molecule has 0 aliphatic rings. The zero-order valence-corrected chi connectivity index (χ0v) is 62.3. The second kappa shape index (κ2) is 31.4. The van der Waals surface area contributed by atoms with Crippen molar-refractivity contribution < 1.29 is 0 Å². The molecule has 0 atom stereocenters. The highest BCUT2D eigenvalue weighted by Crippen LogP contribution is 2.46. The lowest BCUT2D eigenvalue weighted by Crippen LogP contribution is -1.93. The van der Waals surface area contributed by atoms with Gasteiger partial charge in [-0.05, 0) is 173 Å². The standard InChI is InChI=1S/C108H72N6/c1-5-25-73(26-6-1)103-55-49-79(67-109-103)91-33-13-19-39-97(91)85-61-86(98-40-20-14-34-92(98)80-50-56-104(110-68-80)74-27-7-2-8-28-74)64-89(63-85)101-43-23-17-37-95(101)83-53-59-107(113-71-83)77-45-47-78(48-46-77)108-60-54-84(72-114-108)96-38-18-24-44-102(96)90-65-87(99-41-21-15-35-93(99)81-51-57-105(111-69-81)75-29-9-3-10-30-75)62-88(66-90)100-42-22-16-36-94(100)82-52-58-106(112-70-82)76-31-11-4-12-32-76/h1-72H. The Morgan fingerprint density at radius 3 is 0.360 bits per heavy atom. The van der Waals surface area contributed by atoms with Gasteiger partial charge in [-0.25, -0.2) is 0 Å². The summed E-state index contributed by atoms with van der Waals surface area (Å²) >= 11 is 0. The van der Waals surface area contributed by atoms with Crippen LogP contribution in [0.15, 0.2) is 438 Å². The minimum atomic E-state index is 0.876. The summed E-state index contributed by atoms with van der Waals surface area (Å²) < 4.78 is 0. The molecule has 0 saturated heterocycles. The van der Waals surface area contributed by atoms with Gasteiger partial charge in [0, 0.05) is 104 Å². The molecule has 0 amide bonds. The zero-order valence-electron chi connectivity index (χ0n) is 62.3. The van der Waals surface area contributed by atoms with Crippen LogP contribution in [0.5, 0.6) is 0 Å². The molecule has 0 aliphatic heterocycles. The van der Waals surface area contributed by atoms with Crippen LogP contribution < -0.4 is 0 Å². The molecule has 0 saturated carbocycles. The SMILES string of the molecule is c1ccc(-c2ccc(-c3ccccc3-c3cc(-c4ccccc4-c4ccc(-c5ccccc5)nc4)cc(-c4ccccc4-c4ccc(-c5ccc(-c6ccc(-c7ccccc7-c7cc(-c8ccccc8-c8ccc(-c9ccccc9)nc8)cc(-c8ccccc8-c8ccc(-c9ccccc9)nc8)c7)cn6)cc5)nc4)c3)cn2)cc1. The Balaban J connectivity index is 0.627.